The predicted octanol–water partition coefficient (Wildman–Crippen LogP) is 4.16. The first kappa shape index (κ1) is 19.4. The molecule has 1 N–H and O–H groups in total. The van der Waals surface area contributed by atoms with Crippen molar-refractivity contribution < 1.29 is 14.3 Å². The summed E-state index contributed by atoms with van der Waals surface area (Å²) in [6.07, 6.45) is 3.68. The Hall–Kier alpha value is -3.61. The Morgan fingerprint density at radius 2 is 1.71 bits per heavy atom. The second-order valence-electron chi connectivity index (χ2n) is 7.72. The Morgan fingerprint density at radius 3 is 2.52 bits per heavy atom. The average Bonchev–Trinajstić information content (AvgIpc) is 2.85. The van der Waals surface area contributed by atoms with Crippen molar-refractivity contribution in [1.29, 1.82) is 0 Å². The van der Waals surface area contributed by atoms with Gasteiger partial charge in [-0.05, 0) is 55.7 Å². The second-order valence-corrected chi connectivity index (χ2v) is 7.72. The van der Waals surface area contributed by atoms with Crippen LogP contribution in [-0.4, -0.2) is 42.4 Å². The molecular formula is C24H24N4O3. The van der Waals surface area contributed by atoms with Crippen molar-refractivity contribution in [3.63, 3.8) is 0 Å². The third kappa shape index (κ3) is 4.30. The van der Waals surface area contributed by atoms with Crippen molar-refractivity contribution in [3.05, 3.63) is 60.2 Å². The Balaban J connectivity index is 1.31. The highest BCUT2D eigenvalue weighted by Crippen LogP contribution is 2.32. The van der Waals surface area contributed by atoms with Crippen LogP contribution >= 0.6 is 0 Å². The van der Waals surface area contributed by atoms with Gasteiger partial charge in [0.2, 0.25) is 0 Å². The van der Waals surface area contributed by atoms with Gasteiger partial charge in [0, 0.05) is 36.0 Å². The maximum absolute atomic E-state index is 12.8. The van der Waals surface area contributed by atoms with E-state index < -0.39 is 0 Å². The summed E-state index contributed by atoms with van der Waals surface area (Å²) in [6.45, 7) is 3.10. The van der Waals surface area contributed by atoms with Crippen molar-refractivity contribution in [2.45, 2.75) is 19.3 Å². The molecule has 0 saturated carbocycles. The number of nitrogens with zero attached hydrogens (tertiary/aromatic N) is 3. The van der Waals surface area contributed by atoms with Crippen LogP contribution in [-0.2, 0) is 0 Å². The number of amides is 1. The minimum atomic E-state index is -0.198. The number of nitrogens with one attached hydrogen (secondary N) is 1. The molecule has 0 radical (unpaired) electrons. The van der Waals surface area contributed by atoms with Crippen LogP contribution in [0.5, 0.6) is 11.5 Å². The lowest BCUT2D eigenvalue weighted by Gasteiger charge is -2.27. The van der Waals surface area contributed by atoms with Crippen LogP contribution in [0.3, 0.4) is 0 Å². The third-order valence-electron chi connectivity index (χ3n) is 5.55. The fraction of sp³-hybridized carbons (Fsp3) is 0.292. The van der Waals surface area contributed by atoms with Gasteiger partial charge in [0.25, 0.3) is 5.91 Å². The second kappa shape index (κ2) is 8.63. The summed E-state index contributed by atoms with van der Waals surface area (Å²) in [6, 6.07) is 16.8. The first-order chi connectivity index (χ1) is 15.3. The molecule has 1 aromatic heterocycles. The number of carbonyl (C=O) groups is 1. The number of hydrogen-bond donors (Lipinski definition) is 1. The van der Waals surface area contributed by atoms with Crippen LogP contribution in [0.1, 0.15) is 29.6 Å². The van der Waals surface area contributed by atoms with E-state index in [4.69, 9.17) is 9.47 Å². The number of anilines is 2. The summed E-state index contributed by atoms with van der Waals surface area (Å²) >= 11 is 0. The molecule has 3 heterocycles. The topological polar surface area (TPSA) is 76.6 Å². The van der Waals surface area contributed by atoms with E-state index in [2.05, 4.69) is 20.4 Å². The van der Waals surface area contributed by atoms with Gasteiger partial charge in [0.1, 0.15) is 13.2 Å². The van der Waals surface area contributed by atoms with E-state index in [0.717, 1.165) is 30.2 Å². The number of rotatable bonds is 4. The molecule has 1 saturated heterocycles. The third-order valence-corrected chi connectivity index (χ3v) is 5.55. The van der Waals surface area contributed by atoms with Gasteiger partial charge >= 0.3 is 0 Å². The highest BCUT2D eigenvalue weighted by Gasteiger charge is 2.15. The molecule has 7 nitrogen and oxygen atoms in total. The van der Waals surface area contributed by atoms with E-state index in [9.17, 15) is 4.79 Å². The number of ether oxygens (including phenoxy) is 2. The number of fused-ring (bicyclic) bond motifs is 1. The minimum absolute atomic E-state index is 0.198. The fourth-order valence-corrected chi connectivity index (χ4v) is 3.91. The highest BCUT2D eigenvalue weighted by atomic mass is 16.6. The Kier molecular flexibility index (Phi) is 5.39. The van der Waals surface area contributed by atoms with Crippen molar-refractivity contribution in [3.8, 4) is 22.8 Å². The molecule has 0 unspecified atom stereocenters. The van der Waals surface area contributed by atoms with Crippen molar-refractivity contribution >= 4 is 17.4 Å². The van der Waals surface area contributed by atoms with Gasteiger partial charge < -0.3 is 19.7 Å². The molecule has 5 rings (SSSR count). The highest BCUT2D eigenvalue weighted by molar-refractivity contribution is 6.05. The zero-order valence-electron chi connectivity index (χ0n) is 17.2. The summed E-state index contributed by atoms with van der Waals surface area (Å²) in [4.78, 5) is 15.1. The van der Waals surface area contributed by atoms with Gasteiger partial charge in [-0.25, -0.2) is 0 Å². The van der Waals surface area contributed by atoms with Crippen molar-refractivity contribution in [2.75, 3.05) is 36.5 Å². The van der Waals surface area contributed by atoms with Gasteiger partial charge in [-0.1, -0.05) is 12.1 Å². The molecule has 31 heavy (non-hydrogen) atoms. The summed E-state index contributed by atoms with van der Waals surface area (Å²) in [5.41, 5.74) is 2.81. The summed E-state index contributed by atoms with van der Waals surface area (Å²) in [5, 5.41) is 11.7. The normalized spacial score (nSPS) is 15.4. The zero-order chi connectivity index (χ0) is 21.0. The monoisotopic (exact) mass is 416 g/mol. The largest absolute Gasteiger partial charge is 0.486 e. The van der Waals surface area contributed by atoms with Crippen LogP contribution in [0.15, 0.2) is 54.6 Å². The van der Waals surface area contributed by atoms with Gasteiger partial charge in [-0.3, -0.25) is 4.79 Å². The van der Waals surface area contributed by atoms with Gasteiger partial charge in [0.15, 0.2) is 17.3 Å². The zero-order valence-corrected chi connectivity index (χ0v) is 17.2. The van der Waals surface area contributed by atoms with Gasteiger partial charge in [-0.15, -0.1) is 10.2 Å². The lowest BCUT2D eigenvalue weighted by Crippen LogP contribution is -2.30. The van der Waals surface area contributed by atoms with Gasteiger partial charge in [0.05, 0.1) is 5.69 Å². The van der Waals surface area contributed by atoms with Crippen LogP contribution in [0.4, 0.5) is 11.5 Å². The number of carbonyl (C=O) groups excluding carboxylic acids is 1. The van der Waals surface area contributed by atoms with E-state index in [1.54, 1.807) is 24.3 Å². The fourth-order valence-electron chi connectivity index (χ4n) is 3.91. The smallest absolute Gasteiger partial charge is 0.255 e. The first-order valence-corrected chi connectivity index (χ1v) is 10.7. The van der Waals surface area contributed by atoms with E-state index in [1.807, 2.05) is 30.3 Å². The molecule has 7 heteroatoms. The average molecular weight is 416 g/mol. The quantitative estimate of drug-likeness (QED) is 0.688. The number of piperidine rings is 1. The minimum Gasteiger partial charge on any atom is -0.486 e. The molecule has 0 atom stereocenters. The molecule has 1 amide bonds. The molecule has 158 valence electrons. The Bertz CT molecular complexity index is 1080. The molecule has 2 aromatic carbocycles. The molecule has 2 aliphatic rings. The first-order valence-electron chi connectivity index (χ1n) is 10.7. The van der Waals surface area contributed by atoms with Gasteiger partial charge in [-0.2, -0.15) is 0 Å². The summed E-state index contributed by atoms with van der Waals surface area (Å²) in [5.74, 6) is 2.05. The molecule has 3 aromatic rings. The van der Waals surface area contributed by atoms with Crippen LogP contribution < -0.4 is 19.7 Å². The lowest BCUT2D eigenvalue weighted by molar-refractivity contribution is 0.102. The Morgan fingerprint density at radius 1 is 0.871 bits per heavy atom. The summed E-state index contributed by atoms with van der Waals surface area (Å²) < 4.78 is 11.1. The molecule has 2 aliphatic heterocycles. The van der Waals surface area contributed by atoms with Crippen molar-refractivity contribution in [2.24, 2.45) is 0 Å². The molecular weight excluding hydrogens is 392 g/mol. The standard InChI is InChI=1S/C24H24N4O3/c29-24(25-19-7-9-21-22(16-19)31-14-13-30-21)18-6-4-5-17(15-18)20-8-10-23(27-26-20)28-11-2-1-3-12-28/h4-10,15-16H,1-3,11-14H2,(H,25,29). The van der Waals surface area contributed by atoms with E-state index in [1.165, 1.54) is 19.3 Å². The maximum atomic E-state index is 12.8. The van der Waals surface area contributed by atoms with Crippen LogP contribution in [0.2, 0.25) is 0 Å². The number of hydrogen-bond acceptors (Lipinski definition) is 6. The molecule has 0 bridgehead atoms. The molecule has 0 aliphatic carbocycles. The van der Waals surface area contributed by atoms with Crippen LogP contribution in [0, 0.1) is 0 Å². The SMILES string of the molecule is O=C(Nc1ccc2c(c1)OCCO2)c1cccc(-c2ccc(N3CCCCC3)nn2)c1. The number of benzene rings is 2. The van der Waals surface area contributed by atoms with Crippen LogP contribution in [0.25, 0.3) is 11.3 Å². The molecule has 0 spiro atoms. The number of aromatic nitrogens is 2. The van der Waals surface area contributed by atoms with E-state index in [-0.39, 0.29) is 5.91 Å². The van der Waals surface area contributed by atoms with Crippen molar-refractivity contribution in [1.82, 2.24) is 10.2 Å². The van der Waals surface area contributed by atoms with E-state index in [0.29, 0.717) is 36.0 Å². The Labute approximate surface area is 181 Å². The van der Waals surface area contributed by atoms with E-state index >= 15 is 0 Å². The maximum Gasteiger partial charge on any atom is 0.255 e. The lowest BCUT2D eigenvalue weighted by atomic mass is 10.1. The summed E-state index contributed by atoms with van der Waals surface area (Å²) in [7, 11) is 0. The predicted molar refractivity (Wildman–Crippen MR) is 119 cm³/mol. The molecule has 1 fully saturated rings.